The topological polar surface area (TPSA) is 142 Å². The summed E-state index contributed by atoms with van der Waals surface area (Å²) in [6.45, 7) is 3.41. The third-order valence-corrected chi connectivity index (χ3v) is 10.8. The summed E-state index contributed by atoms with van der Waals surface area (Å²) in [5.41, 5.74) is 3.46. The number of nitrogens with one attached hydrogen (secondary N) is 2. The minimum absolute atomic E-state index is 0.0242. The maximum absolute atomic E-state index is 14.0. The van der Waals surface area contributed by atoms with Crippen molar-refractivity contribution >= 4 is 42.1 Å². The SMILES string of the molecule is CC1=CC=CCC1(C)S(=O)(=O)n1ccc2c(-c3cc(CS(C)(=O)=O)ccc3Nc3ccc(C#N)cc3)c[nH]c(=O)c21. The van der Waals surface area contributed by atoms with Crippen molar-refractivity contribution in [1.82, 2.24) is 8.96 Å². The van der Waals surface area contributed by atoms with Gasteiger partial charge in [0.25, 0.3) is 5.56 Å². The van der Waals surface area contributed by atoms with Gasteiger partial charge >= 0.3 is 0 Å². The van der Waals surface area contributed by atoms with E-state index in [-0.39, 0.29) is 17.7 Å². The number of anilines is 2. The fraction of sp³-hybridized carbons (Fsp3) is 0.200. The molecule has 2 heterocycles. The van der Waals surface area contributed by atoms with Gasteiger partial charge in [0, 0.05) is 46.5 Å². The van der Waals surface area contributed by atoms with Gasteiger partial charge in [0.15, 0.2) is 9.84 Å². The number of rotatable bonds is 7. The molecule has 2 N–H and O–H groups in total. The predicted octanol–water partition coefficient (Wildman–Crippen LogP) is 5.00. The Kier molecular flexibility index (Phi) is 7.01. The lowest BCUT2D eigenvalue weighted by Gasteiger charge is -2.31. The zero-order chi connectivity index (χ0) is 29.6. The summed E-state index contributed by atoms with van der Waals surface area (Å²) in [5.74, 6) is -0.198. The van der Waals surface area contributed by atoms with Crippen LogP contribution in [0.5, 0.6) is 0 Å². The van der Waals surface area contributed by atoms with E-state index in [0.29, 0.717) is 44.6 Å². The number of allylic oxidation sites excluding steroid dienone is 3. The normalized spacial score (nSPS) is 17.3. The molecule has 1 aliphatic carbocycles. The number of nitrogens with zero attached hydrogens (tertiary/aromatic N) is 2. The molecule has 0 saturated carbocycles. The lowest BCUT2D eigenvalue weighted by atomic mass is 9.94. The van der Waals surface area contributed by atoms with Crippen molar-refractivity contribution in [3.8, 4) is 17.2 Å². The zero-order valence-electron chi connectivity index (χ0n) is 22.7. The number of aromatic nitrogens is 2. The molecule has 0 aliphatic heterocycles. The molecule has 0 saturated heterocycles. The first-order chi connectivity index (χ1) is 19.3. The fourth-order valence-corrected chi connectivity index (χ4v) is 7.67. The van der Waals surface area contributed by atoms with Crippen LogP contribution in [0.15, 0.2) is 89.5 Å². The number of hydrogen-bond acceptors (Lipinski definition) is 7. The van der Waals surface area contributed by atoms with Gasteiger partial charge in [0.2, 0.25) is 10.0 Å². The van der Waals surface area contributed by atoms with Crippen molar-refractivity contribution in [2.75, 3.05) is 11.6 Å². The van der Waals surface area contributed by atoms with Crippen LogP contribution in [-0.2, 0) is 25.6 Å². The van der Waals surface area contributed by atoms with Gasteiger partial charge in [-0.2, -0.15) is 5.26 Å². The summed E-state index contributed by atoms with van der Waals surface area (Å²) in [6, 6.07) is 15.6. The van der Waals surface area contributed by atoms with E-state index in [4.69, 9.17) is 5.26 Å². The lowest BCUT2D eigenvalue weighted by Crippen LogP contribution is -2.41. The van der Waals surface area contributed by atoms with Crippen molar-refractivity contribution in [2.45, 2.75) is 30.8 Å². The number of hydrogen-bond donors (Lipinski definition) is 2. The summed E-state index contributed by atoms with van der Waals surface area (Å²) in [7, 11) is -7.40. The van der Waals surface area contributed by atoms with Crippen LogP contribution in [0.1, 0.15) is 31.4 Å². The van der Waals surface area contributed by atoms with Crippen molar-refractivity contribution < 1.29 is 16.8 Å². The molecule has 0 amide bonds. The first-order valence-corrected chi connectivity index (χ1v) is 16.2. The third kappa shape index (κ3) is 5.12. The predicted molar refractivity (Wildman–Crippen MR) is 161 cm³/mol. The van der Waals surface area contributed by atoms with E-state index in [2.05, 4.69) is 16.4 Å². The smallest absolute Gasteiger partial charge is 0.273 e. The number of benzene rings is 2. The van der Waals surface area contributed by atoms with Crippen LogP contribution in [0.2, 0.25) is 0 Å². The van der Waals surface area contributed by atoms with E-state index in [1.807, 2.05) is 6.08 Å². The standard InChI is InChI=1S/C30H28N4O5S2/c1-20-6-4-5-14-30(20,2)41(38,39)34-15-13-24-26(18-32-29(35)28(24)34)25-16-22(19-40(3,36)37)9-12-27(25)33-23-10-7-21(17-31)8-11-23/h4-13,15-16,18,33H,14,19H2,1-3H3,(H,32,35). The first kappa shape index (κ1) is 28.1. The second-order valence-corrected chi connectivity index (χ2v) is 14.8. The van der Waals surface area contributed by atoms with E-state index < -0.39 is 30.2 Å². The van der Waals surface area contributed by atoms with Gasteiger partial charge in [-0.15, -0.1) is 0 Å². The van der Waals surface area contributed by atoms with Gasteiger partial charge in [0.05, 0.1) is 17.4 Å². The summed E-state index contributed by atoms with van der Waals surface area (Å²) >= 11 is 0. The zero-order valence-corrected chi connectivity index (χ0v) is 24.3. The highest BCUT2D eigenvalue weighted by atomic mass is 32.2. The molecule has 1 atom stereocenters. The van der Waals surface area contributed by atoms with E-state index in [9.17, 15) is 21.6 Å². The van der Waals surface area contributed by atoms with Crippen LogP contribution in [0.3, 0.4) is 0 Å². The molecule has 0 bridgehead atoms. The van der Waals surface area contributed by atoms with Gasteiger partial charge in [0.1, 0.15) is 10.3 Å². The Hall–Kier alpha value is -4.40. The van der Waals surface area contributed by atoms with E-state index in [0.717, 1.165) is 10.2 Å². The molecule has 1 aliphatic rings. The van der Waals surface area contributed by atoms with Crippen molar-refractivity contribution in [2.24, 2.45) is 0 Å². The van der Waals surface area contributed by atoms with Gasteiger partial charge in [-0.1, -0.05) is 29.9 Å². The highest BCUT2D eigenvalue weighted by Gasteiger charge is 2.42. The van der Waals surface area contributed by atoms with E-state index in [1.54, 1.807) is 74.5 Å². The maximum atomic E-state index is 14.0. The average molecular weight is 589 g/mol. The lowest BCUT2D eigenvalue weighted by molar-refractivity contribution is 0.546. The number of aromatic amines is 1. The summed E-state index contributed by atoms with van der Waals surface area (Å²) in [5, 5.41) is 12.8. The number of fused-ring (bicyclic) bond motifs is 1. The number of H-pyrrole nitrogens is 1. The Bertz CT molecular complexity index is 2060. The van der Waals surface area contributed by atoms with Crippen molar-refractivity contribution in [3.63, 3.8) is 0 Å². The summed E-state index contributed by atoms with van der Waals surface area (Å²) in [4.78, 5) is 15.8. The second-order valence-electron chi connectivity index (χ2n) is 10.4. The highest BCUT2D eigenvalue weighted by Crippen LogP contribution is 2.39. The van der Waals surface area contributed by atoms with Crippen LogP contribution in [0.25, 0.3) is 22.0 Å². The quantitative estimate of drug-likeness (QED) is 0.309. The fourth-order valence-electron chi connectivity index (χ4n) is 5.03. The Morgan fingerprint density at radius 2 is 1.80 bits per heavy atom. The number of sulfone groups is 1. The summed E-state index contributed by atoms with van der Waals surface area (Å²) in [6.07, 6.45) is 9.68. The van der Waals surface area contributed by atoms with Crippen LogP contribution in [0, 0.1) is 11.3 Å². The van der Waals surface area contributed by atoms with Crippen LogP contribution >= 0.6 is 0 Å². The Balaban J connectivity index is 1.71. The van der Waals surface area contributed by atoms with Crippen molar-refractivity contribution in [1.29, 1.82) is 5.26 Å². The molecular formula is C30H28N4O5S2. The molecule has 2 aromatic carbocycles. The molecule has 0 spiro atoms. The number of nitriles is 1. The largest absolute Gasteiger partial charge is 0.355 e. The third-order valence-electron chi connectivity index (χ3n) is 7.45. The molecule has 2 aromatic heterocycles. The van der Waals surface area contributed by atoms with Crippen LogP contribution in [-0.4, -0.2) is 36.8 Å². The first-order valence-electron chi connectivity index (χ1n) is 12.7. The molecule has 4 aromatic rings. The molecule has 41 heavy (non-hydrogen) atoms. The molecule has 11 heteroatoms. The molecule has 210 valence electrons. The van der Waals surface area contributed by atoms with Crippen LogP contribution < -0.4 is 10.9 Å². The number of pyridine rings is 1. The molecule has 1 unspecified atom stereocenters. The van der Waals surface area contributed by atoms with E-state index >= 15 is 0 Å². The maximum Gasteiger partial charge on any atom is 0.273 e. The Morgan fingerprint density at radius 1 is 1.07 bits per heavy atom. The van der Waals surface area contributed by atoms with Crippen LogP contribution in [0.4, 0.5) is 11.4 Å². The second kappa shape index (κ2) is 10.2. The summed E-state index contributed by atoms with van der Waals surface area (Å²) < 4.78 is 52.0. The van der Waals surface area contributed by atoms with E-state index in [1.165, 1.54) is 12.4 Å². The highest BCUT2D eigenvalue weighted by molar-refractivity contribution is 7.91. The molecule has 9 nitrogen and oxygen atoms in total. The van der Waals surface area contributed by atoms with Gasteiger partial charge < -0.3 is 10.3 Å². The Labute approximate surface area is 238 Å². The molecule has 0 radical (unpaired) electrons. The van der Waals surface area contributed by atoms with Gasteiger partial charge in [-0.25, -0.2) is 20.8 Å². The minimum Gasteiger partial charge on any atom is -0.355 e. The monoisotopic (exact) mass is 588 g/mol. The Morgan fingerprint density at radius 3 is 2.46 bits per heavy atom. The van der Waals surface area contributed by atoms with Gasteiger partial charge in [-0.3, -0.25) is 4.79 Å². The molecule has 5 rings (SSSR count). The average Bonchev–Trinajstić information content (AvgIpc) is 3.38. The minimum atomic E-state index is -4.06. The molecular weight excluding hydrogens is 560 g/mol. The van der Waals surface area contributed by atoms with Crippen molar-refractivity contribution in [3.05, 3.63) is 106 Å². The van der Waals surface area contributed by atoms with Gasteiger partial charge in [-0.05, 0) is 68.3 Å². The molecule has 0 fully saturated rings.